The van der Waals surface area contributed by atoms with E-state index >= 15 is 0 Å². The molecule has 0 aliphatic rings. The van der Waals surface area contributed by atoms with E-state index in [0.29, 0.717) is 34.0 Å². The maximum atomic E-state index is 11.6. The number of carbonyl (C=O) groups excluding carboxylic acids is 1. The van der Waals surface area contributed by atoms with Crippen molar-refractivity contribution < 1.29 is 19.0 Å². The number of ether oxygens (including phenoxy) is 3. The van der Waals surface area contributed by atoms with Crippen LogP contribution in [-0.4, -0.2) is 42.3 Å². The Bertz CT molecular complexity index is 695. The molecule has 0 radical (unpaired) electrons. The molecule has 0 aliphatic carbocycles. The van der Waals surface area contributed by atoms with Crippen LogP contribution < -0.4 is 19.5 Å². The fourth-order valence-corrected chi connectivity index (χ4v) is 2.67. The average molecular weight is 372 g/mol. The lowest BCUT2D eigenvalue weighted by Gasteiger charge is -2.14. The molecule has 1 aromatic carbocycles. The Balaban J connectivity index is 2.35. The second-order valence-corrected chi connectivity index (χ2v) is 6.29. The molecule has 7 nitrogen and oxygen atoms in total. The fourth-order valence-electron chi connectivity index (χ4n) is 1.89. The molecule has 130 valence electrons. The highest BCUT2D eigenvalue weighted by Crippen LogP contribution is 2.42. The van der Waals surface area contributed by atoms with E-state index in [-0.39, 0.29) is 5.91 Å². The van der Waals surface area contributed by atoms with Crippen molar-refractivity contribution in [3.8, 4) is 27.8 Å². The van der Waals surface area contributed by atoms with Gasteiger partial charge >= 0.3 is 0 Å². The number of aromatic nitrogens is 2. The summed E-state index contributed by atoms with van der Waals surface area (Å²) in [4.78, 5) is 11.6. The van der Waals surface area contributed by atoms with Crippen LogP contribution in [0.1, 0.15) is 13.8 Å². The summed E-state index contributed by atoms with van der Waals surface area (Å²) in [6.45, 7) is 3.95. The van der Waals surface area contributed by atoms with Crippen LogP contribution in [0.25, 0.3) is 10.6 Å². The first kappa shape index (κ1) is 18.3. The fraction of sp³-hybridized carbons (Fsp3) is 0.400. The molecule has 0 spiro atoms. The zero-order valence-electron chi connectivity index (χ0n) is 13.8. The molecule has 1 amide bonds. The first-order chi connectivity index (χ1) is 11.5. The average Bonchev–Trinajstić information content (AvgIpc) is 3.03. The SMILES string of the molecule is CCOc1c(OC)cc(-c2nnc(NC(=O)C(C)Cl)s2)cc1OC. The summed E-state index contributed by atoms with van der Waals surface area (Å²) in [5.41, 5.74) is 0.740. The number of nitrogens with zero attached hydrogens (tertiary/aromatic N) is 2. The molecule has 1 atom stereocenters. The Labute approximate surface area is 148 Å². The second-order valence-electron chi connectivity index (χ2n) is 4.66. The Hall–Kier alpha value is -2.06. The minimum atomic E-state index is -0.650. The normalized spacial score (nSPS) is 11.7. The topological polar surface area (TPSA) is 82.6 Å². The molecular formula is C15H18ClN3O4S. The third kappa shape index (κ3) is 4.07. The zero-order chi connectivity index (χ0) is 17.7. The van der Waals surface area contributed by atoms with Crippen molar-refractivity contribution in [3.05, 3.63) is 12.1 Å². The van der Waals surface area contributed by atoms with Crippen molar-refractivity contribution in [1.82, 2.24) is 10.2 Å². The van der Waals surface area contributed by atoms with Crippen LogP contribution >= 0.6 is 22.9 Å². The summed E-state index contributed by atoms with van der Waals surface area (Å²) in [6.07, 6.45) is 0. The van der Waals surface area contributed by atoms with Crippen LogP contribution in [0.2, 0.25) is 0 Å². The van der Waals surface area contributed by atoms with Crippen molar-refractivity contribution in [2.24, 2.45) is 0 Å². The summed E-state index contributed by atoms with van der Waals surface area (Å²) in [6, 6.07) is 3.56. The molecule has 1 N–H and O–H groups in total. The van der Waals surface area contributed by atoms with Crippen molar-refractivity contribution in [3.63, 3.8) is 0 Å². The summed E-state index contributed by atoms with van der Waals surface area (Å²) in [5.74, 6) is 1.25. The molecule has 0 fully saturated rings. The molecule has 24 heavy (non-hydrogen) atoms. The summed E-state index contributed by atoms with van der Waals surface area (Å²) < 4.78 is 16.3. The lowest BCUT2D eigenvalue weighted by Crippen LogP contribution is -2.20. The van der Waals surface area contributed by atoms with Crippen LogP contribution in [-0.2, 0) is 4.79 Å². The summed E-state index contributed by atoms with van der Waals surface area (Å²) in [5, 5.41) is 11.0. The minimum absolute atomic E-state index is 0.332. The van der Waals surface area contributed by atoms with Gasteiger partial charge in [0.1, 0.15) is 10.4 Å². The number of amides is 1. The van der Waals surface area contributed by atoms with E-state index in [1.165, 1.54) is 11.3 Å². The number of alkyl halides is 1. The number of anilines is 1. The Morgan fingerprint density at radius 2 is 1.92 bits per heavy atom. The van der Waals surface area contributed by atoms with Crippen LogP contribution in [0.15, 0.2) is 12.1 Å². The Morgan fingerprint density at radius 1 is 1.29 bits per heavy atom. The molecule has 0 saturated heterocycles. The maximum Gasteiger partial charge on any atom is 0.243 e. The first-order valence-corrected chi connectivity index (χ1v) is 8.43. The highest BCUT2D eigenvalue weighted by molar-refractivity contribution is 7.18. The van der Waals surface area contributed by atoms with Gasteiger partial charge in [-0.2, -0.15) is 0 Å². The summed E-state index contributed by atoms with van der Waals surface area (Å²) in [7, 11) is 3.10. The van der Waals surface area contributed by atoms with Crippen LogP contribution in [0.3, 0.4) is 0 Å². The van der Waals surface area contributed by atoms with Gasteiger partial charge in [0.05, 0.1) is 20.8 Å². The van der Waals surface area contributed by atoms with Gasteiger partial charge in [-0.25, -0.2) is 0 Å². The molecule has 2 rings (SSSR count). The highest BCUT2D eigenvalue weighted by Gasteiger charge is 2.18. The lowest BCUT2D eigenvalue weighted by atomic mass is 10.2. The van der Waals surface area contributed by atoms with E-state index in [1.807, 2.05) is 6.92 Å². The standard InChI is InChI=1S/C15H18ClN3O4S/c1-5-23-12-10(21-3)6-9(7-11(12)22-4)14-18-19-15(24-14)17-13(20)8(2)16/h6-8H,5H2,1-4H3,(H,17,19,20). The van der Waals surface area contributed by atoms with Gasteiger partial charge < -0.3 is 14.2 Å². The second kappa shape index (κ2) is 8.16. The Morgan fingerprint density at radius 3 is 2.42 bits per heavy atom. The molecular weight excluding hydrogens is 354 g/mol. The van der Waals surface area contributed by atoms with E-state index in [4.69, 9.17) is 25.8 Å². The zero-order valence-corrected chi connectivity index (χ0v) is 15.3. The van der Waals surface area contributed by atoms with Crippen LogP contribution in [0, 0.1) is 0 Å². The Kier molecular flexibility index (Phi) is 6.22. The van der Waals surface area contributed by atoms with Gasteiger partial charge in [-0.3, -0.25) is 10.1 Å². The predicted octanol–water partition coefficient (Wildman–Crippen LogP) is 3.19. The third-order valence-electron chi connectivity index (χ3n) is 3.01. The monoisotopic (exact) mass is 371 g/mol. The maximum absolute atomic E-state index is 11.6. The molecule has 9 heteroatoms. The van der Waals surface area contributed by atoms with Crippen molar-refractivity contribution in [2.75, 3.05) is 26.1 Å². The predicted molar refractivity (Wildman–Crippen MR) is 93.6 cm³/mol. The number of methoxy groups -OCH3 is 2. The molecule has 2 aromatic rings. The quantitative estimate of drug-likeness (QED) is 0.752. The van der Waals surface area contributed by atoms with E-state index < -0.39 is 5.38 Å². The van der Waals surface area contributed by atoms with Gasteiger partial charge in [-0.1, -0.05) is 11.3 Å². The number of hydrogen-bond donors (Lipinski definition) is 1. The number of carbonyl (C=O) groups is 1. The van der Waals surface area contributed by atoms with Crippen molar-refractivity contribution in [2.45, 2.75) is 19.2 Å². The summed E-state index contributed by atoms with van der Waals surface area (Å²) >= 11 is 6.95. The number of rotatable bonds is 7. The number of nitrogens with one attached hydrogen (secondary N) is 1. The van der Waals surface area contributed by atoms with E-state index in [9.17, 15) is 4.79 Å². The first-order valence-electron chi connectivity index (χ1n) is 7.17. The molecule has 0 saturated carbocycles. The molecule has 1 unspecified atom stereocenters. The molecule has 1 heterocycles. The smallest absolute Gasteiger partial charge is 0.243 e. The number of benzene rings is 1. The van der Waals surface area contributed by atoms with E-state index in [1.54, 1.807) is 33.3 Å². The van der Waals surface area contributed by atoms with Crippen molar-refractivity contribution in [1.29, 1.82) is 0 Å². The van der Waals surface area contributed by atoms with Gasteiger partial charge in [0, 0.05) is 5.56 Å². The van der Waals surface area contributed by atoms with E-state index in [0.717, 1.165) is 5.56 Å². The van der Waals surface area contributed by atoms with Crippen LogP contribution in [0.5, 0.6) is 17.2 Å². The molecule has 0 bridgehead atoms. The third-order valence-corrected chi connectivity index (χ3v) is 4.10. The van der Waals surface area contributed by atoms with Gasteiger partial charge in [0.15, 0.2) is 11.5 Å². The number of hydrogen-bond acceptors (Lipinski definition) is 7. The minimum Gasteiger partial charge on any atom is -0.493 e. The molecule has 1 aromatic heterocycles. The van der Waals surface area contributed by atoms with Crippen LogP contribution in [0.4, 0.5) is 5.13 Å². The van der Waals surface area contributed by atoms with E-state index in [2.05, 4.69) is 15.5 Å². The number of halogens is 1. The van der Waals surface area contributed by atoms with Gasteiger partial charge in [0.25, 0.3) is 0 Å². The van der Waals surface area contributed by atoms with Gasteiger partial charge in [0.2, 0.25) is 16.8 Å². The molecule has 0 aliphatic heterocycles. The lowest BCUT2D eigenvalue weighted by molar-refractivity contribution is -0.115. The highest BCUT2D eigenvalue weighted by atomic mass is 35.5. The van der Waals surface area contributed by atoms with Crippen molar-refractivity contribution >= 4 is 34.0 Å². The largest absolute Gasteiger partial charge is 0.493 e. The van der Waals surface area contributed by atoms with Gasteiger partial charge in [-0.05, 0) is 26.0 Å². The van der Waals surface area contributed by atoms with Gasteiger partial charge in [-0.15, -0.1) is 21.8 Å².